The summed E-state index contributed by atoms with van der Waals surface area (Å²) in [7, 11) is 0. The van der Waals surface area contributed by atoms with E-state index in [1.165, 1.54) is 0 Å². The first kappa shape index (κ1) is 16.4. The van der Waals surface area contributed by atoms with E-state index < -0.39 is 0 Å². The smallest absolute Gasteiger partial charge is 0.138 e. The molecule has 0 fully saturated rings. The second-order valence-corrected chi connectivity index (χ2v) is 7.41. The number of hydrogen-bond donors (Lipinski definition) is 4. The van der Waals surface area contributed by atoms with Crippen molar-refractivity contribution in [2.75, 3.05) is 11.5 Å². The highest BCUT2D eigenvalue weighted by molar-refractivity contribution is 7.99. The summed E-state index contributed by atoms with van der Waals surface area (Å²) in [6, 6.07) is 18.5. The number of phenolic OH excluding ortho intramolecular Hbond substituents is 2. The van der Waals surface area contributed by atoms with Crippen LogP contribution in [0.5, 0.6) is 11.5 Å². The quantitative estimate of drug-likeness (QED) is 0.404. The minimum atomic E-state index is 0.0965. The summed E-state index contributed by atoms with van der Waals surface area (Å²) in [5, 5.41) is 18.9. The lowest BCUT2D eigenvalue weighted by Gasteiger charge is -2.07. The lowest BCUT2D eigenvalue weighted by Crippen LogP contribution is -1.86. The molecule has 6 heteroatoms. The molecule has 6 N–H and O–H groups in total. The molecule has 0 atom stereocenters. The molecule has 24 heavy (non-hydrogen) atoms. The highest BCUT2D eigenvalue weighted by atomic mass is 32.2. The number of phenols is 2. The van der Waals surface area contributed by atoms with Crippen LogP contribution < -0.4 is 11.5 Å². The first-order valence-electron chi connectivity index (χ1n) is 7.14. The summed E-state index contributed by atoms with van der Waals surface area (Å²) in [5.41, 5.74) is 12.2. The molecule has 0 unspecified atom stereocenters. The van der Waals surface area contributed by atoms with Crippen molar-refractivity contribution in [2.45, 2.75) is 19.6 Å². The molecule has 0 radical (unpaired) electrons. The lowest BCUT2D eigenvalue weighted by atomic mass is 10.3. The van der Waals surface area contributed by atoms with Crippen LogP contribution in [0.1, 0.15) is 0 Å². The summed E-state index contributed by atoms with van der Waals surface area (Å²) in [6.07, 6.45) is 0. The molecule has 0 aliphatic heterocycles. The maximum atomic E-state index is 9.46. The molecular formula is C18H16N2O2S2. The Balaban J connectivity index is 1.70. The van der Waals surface area contributed by atoms with Crippen molar-refractivity contribution in [3.63, 3.8) is 0 Å². The second-order valence-electron chi connectivity index (χ2n) is 5.12. The molecule has 0 amide bonds. The Labute approximate surface area is 148 Å². The molecule has 0 bridgehead atoms. The van der Waals surface area contributed by atoms with E-state index in [4.69, 9.17) is 11.5 Å². The number of nitrogens with two attached hydrogens (primary N) is 2. The number of benzene rings is 3. The molecule has 3 rings (SSSR count). The van der Waals surface area contributed by atoms with Gasteiger partial charge in [0.1, 0.15) is 11.5 Å². The summed E-state index contributed by atoms with van der Waals surface area (Å²) in [4.78, 5) is 4.10. The van der Waals surface area contributed by atoms with Gasteiger partial charge < -0.3 is 21.7 Å². The topological polar surface area (TPSA) is 92.5 Å². The van der Waals surface area contributed by atoms with E-state index in [0.29, 0.717) is 11.4 Å². The minimum Gasteiger partial charge on any atom is -0.506 e. The molecule has 3 aromatic rings. The molecule has 0 aliphatic rings. The van der Waals surface area contributed by atoms with Gasteiger partial charge >= 0.3 is 0 Å². The van der Waals surface area contributed by atoms with Gasteiger partial charge in [0, 0.05) is 19.6 Å². The average Bonchev–Trinajstić information content (AvgIpc) is 2.56. The Morgan fingerprint density at radius 2 is 0.875 bits per heavy atom. The predicted octanol–water partition coefficient (Wildman–Crippen LogP) is 4.56. The van der Waals surface area contributed by atoms with Crippen LogP contribution in [0.3, 0.4) is 0 Å². The monoisotopic (exact) mass is 356 g/mol. The van der Waals surface area contributed by atoms with Crippen LogP contribution in [-0.4, -0.2) is 10.2 Å². The van der Waals surface area contributed by atoms with Crippen molar-refractivity contribution in [3.8, 4) is 11.5 Å². The van der Waals surface area contributed by atoms with Crippen molar-refractivity contribution in [3.05, 3.63) is 60.7 Å². The van der Waals surface area contributed by atoms with E-state index in [0.717, 1.165) is 19.6 Å². The third-order valence-electron chi connectivity index (χ3n) is 3.29. The molecule has 0 heterocycles. The maximum absolute atomic E-state index is 9.46. The standard InChI is InChI=1S/C18H16N2O2S2/c19-15-9-13(5-7-17(15)21)23-11-1-2-12(4-3-11)24-14-6-8-18(22)16(20)10-14/h1-10,21-22H,19-20H2. The zero-order valence-corrected chi connectivity index (χ0v) is 14.3. The highest BCUT2D eigenvalue weighted by Crippen LogP contribution is 2.35. The Morgan fingerprint density at radius 1 is 0.542 bits per heavy atom. The normalized spacial score (nSPS) is 10.7. The number of aromatic hydroxyl groups is 2. The van der Waals surface area contributed by atoms with E-state index in [-0.39, 0.29) is 11.5 Å². The van der Waals surface area contributed by atoms with Gasteiger partial charge in [0.25, 0.3) is 0 Å². The Kier molecular flexibility index (Phi) is 4.78. The zero-order chi connectivity index (χ0) is 17.1. The second kappa shape index (κ2) is 6.98. The fraction of sp³-hybridized carbons (Fsp3) is 0. The van der Waals surface area contributed by atoms with Crippen LogP contribution in [0.4, 0.5) is 11.4 Å². The molecule has 122 valence electrons. The van der Waals surface area contributed by atoms with Crippen LogP contribution in [0.15, 0.2) is 80.2 Å². The van der Waals surface area contributed by atoms with Crippen LogP contribution in [0.25, 0.3) is 0 Å². The third-order valence-corrected chi connectivity index (χ3v) is 5.29. The van der Waals surface area contributed by atoms with Crippen molar-refractivity contribution in [1.82, 2.24) is 0 Å². The first-order valence-corrected chi connectivity index (χ1v) is 8.77. The molecule has 3 aromatic carbocycles. The van der Waals surface area contributed by atoms with Crippen molar-refractivity contribution in [2.24, 2.45) is 0 Å². The van der Waals surface area contributed by atoms with Crippen LogP contribution in [-0.2, 0) is 0 Å². The van der Waals surface area contributed by atoms with Gasteiger partial charge in [-0.05, 0) is 60.7 Å². The fourth-order valence-electron chi connectivity index (χ4n) is 2.04. The van der Waals surface area contributed by atoms with E-state index in [2.05, 4.69) is 0 Å². The number of hydrogen-bond acceptors (Lipinski definition) is 6. The van der Waals surface area contributed by atoms with Gasteiger partial charge in [-0.1, -0.05) is 23.5 Å². The summed E-state index contributed by atoms with van der Waals surface area (Å²) < 4.78 is 0. The zero-order valence-electron chi connectivity index (χ0n) is 12.6. The molecule has 0 saturated carbocycles. The SMILES string of the molecule is Nc1cc(Sc2ccc(Sc3ccc(O)c(N)c3)cc2)ccc1O. The summed E-state index contributed by atoms with van der Waals surface area (Å²) in [6.45, 7) is 0. The Bertz CT molecular complexity index is 795. The summed E-state index contributed by atoms with van der Waals surface area (Å²) in [5.74, 6) is 0.193. The van der Waals surface area contributed by atoms with E-state index in [1.807, 2.05) is 36.4 Å². The molecule has 0 spiro atoms. The molecular weight excluding hydrogens is 340 g/mol. The highest BCUT2D eigenvalue weighted by Gasteiger charge is 2.04. The number of anilines is 2. The third kappa shape index (κ3) is 3.90. The van der Waals surface area contributed by atoms with Crippen LogP contribution in [0, 0.1) is 0 Å². The summed E-state index contributed by atoms with van der Waals surface area (Å²) >= 11 is 3.15. The van der Waals surface area contributed by atoms with Crippen molar-refractivity contribution < 1.29 is 10.2 Å². The Morgan fingerprint density at radius 3 is 1.21 bits per heavy atom. The fourth-order valence-corrected chi connectivity index (χ4v) is 3.77. The van der Waals surface area contributed by atoms with E-state index >= 15 is 0 Å². The largest absolute Gasteiger partial charge is 0.506 e. The van der Waals surface area contributed by atoms with Gasteiger partial charge in [-0.15, -0.1) is 0 Å². The Hall–Kier alpha value is -2.44. The average molecular weight is 356 g/mol. The van der Waals surface area contributed by atoms with E-state index in [1.54, 1.807) is 47.8 Å². The lowest BCUT2D eigenvalue weighted by molar-refractivity contribution is 0.477. The molecule has 4 nitrogen and oxygen atoms in total. The van der Waals surface area contributed by atoms with E-state index in [9.17, 15) is 10.2 Å². The first-order chi connectivity index (χ1) is 11.5. The molecule has 0 saturated heterocycles. The maximum Gasteiger partial charge on any atom is 0.138 e. The van der Waals surface area contributed by atoms with Crippen LogP contribution in [0.2, 0.25) is 0 Å². The minimum absolute atomic E-state index is 0.0965. The van der Waals surface area contributed by atoms with Gasteiger partial charge in [-0.25, -0.2) is 0 Å². The number of rotatable bonds is 4. The van der Waals surface area contributed by atoms with Crippen molar-refractivity contribution in [1.29, 1.82) is 0 Å². The molecule has 0 aliphatic carbocycles. The van der Waals surface area contributed by atoms with Gasteiger partial charge in [-0.2, -0.15) is 0 Å². The van der Waals surface area contributed by atoms with Gasteiger partial charge in [0.15, 0.2) is 0 Å². The predicted molar refractivity (Wildman–Crippen MR) is 99.7 cm³/mol. The van der Waals surface area contributed by atoms with Crippen LogP contribution >= 0.6 is 23.5 Å². The molecule has 0 aromatic heterocycles. The van der Waals surface area contributed by atoms with Gasteiger partial charge in [0.05, 0.1) is 11.4 Å². The van der Waals surface area contributed by atoms with Crippen molar-refractivity contribution >= 4 is 34.9 Å². The number of nitrogen functional groups attached to an aromatic ring is 2. The van der Waals surface area contributed by atoms with Gasteiger partial charge in [0.2, 0.25) is 0 Å². The van der Waals surface area contributed by atoms with Gasteiger partial charge in [-0.3, -0.25) is 0 Å².